The molecule has 22 heavy (non-hydrogen) atoms. The fourth-order valence-electron chi connectivity index (χ4n) is 1.76. The Hall–Kier alpha value is -1.86. The molecule has 0 amide bonds. The molecule has 0 aliphatic heterocycles. The third kappa shape index (κ3) is 4.32. The predicted octanol–water partition coefficient (Wildman–Crippen LogP) is 3.90. The molecule has 1 heterocycles. The quantitative estimate of drug-likeness (QED) is 0.766. The third-order valence-corrected chi connectivity index (χ3v) is 4.11. The lowest BCUT2D eigenvalue weighted by molar-refractivity contribution is -0.131. The van der Waals surface area contributed by atoms with Gasteiger partial charge in [-0.2, -0.15) is 0 Å². The standard InChI is InChI=1S/C15H14BrNO4S/c1-9-17-11(8-22-9)7-21-15-12(16)5-10(3-4-14(18)19)6-13(15)20-2/h3-6,8H,7H2,1-2H3,(H,18,19)/b4-3+. The summed E-state index contributed by atoms with van der Waals surface area (Å²) < 4.78 is 11.8. The number of ether oxygens (including phenoxy) is 2. The van der Waals surface area contributed by atoms with Crippen LogP contribution in [-0.4, -0.2) is 23.2 Å². The number of hydrogen-bond donors (Lipinski definition) is 1. The van der Waals surface area contributed by atoms with Crippen molar-refractivity contribution in [1.29, 1.82) is 0 Å². The molecule has 2 aromatic rings. The van der Waals surface area contributed by atoms with E-state index in [1.54, 1.807) is 23.5 Å². The van der Waals surface area contributed by atoms with Crippen molar-refractivity contribution in [3.8, 4) is 11.5 Å². The van der Waals surface area contributed by atoms with Crippen molar-refractivity contribution >= 4 is 39.3 Å². The summed E-state index contributed by atoms with van der Waals surface area (Å²) in [5, 5.41) is 11.6. The van der Waals surface area contributed by atoms with Gasteiger partial charge >= 0.3 is 5.97 Å². The van der Waals surface area contributed by atoms with Crippen LogP contribution < -0.4 is 9.47 Å². The van der Waals surface area contributed by atoms with Crippen LogP contribution >= 0.6 is 27.3 Å². The number of carbonyl (C=O) groups is 1. The fraction of sp³-hybridized carbons (Fsp3) is 0.200. The highest BCUT2D eigenvalue weighted by atomic mass is 79.9. The lowest BCUT2D eigenvalue weighted by Gasteiger charge is -2.12. The molecule has 7 heteroatoms. The van der Waals surface area contributed by atoms with Gasteiger partial charge < -0.3 is 14.6 Å². The molecule has 2 rings (SSSR count). The number of halogens is 1. The average Bonchev–Trinajstić information content (AvgIpc) is 2.89. The summed E-state index contributed by atoms with van der Waals surface area (Å²) in [6.45, 7) is 2.28. The number of carboxylic acids is 1. The van der Waals surface area contributed by atoms with Crippen LogP contribution in [0.25, 0.3) is 6.08 Å². The van der Waals surface area contributed by atoms with E-state index in [4.69, 9.17) is 14.6 Å². The SMILES string of the molecule is COc1cc(/C=C/C(=O)O)cc(Br)c1OCc1csc(C)n1. The first kappa shape index (κ1) is 16.5. The summed E-state index contributed by atoms with van der Waals surface area (Å²) in [5.74, 6) is 0.0707. The molecule has 1 N–H and O–H groups in total. The van der Waals surface area contributed by atoms with E-state index < -0.39 is 5.97 Å². The zero-order chi connectivity index (χ0) is 16.1. The van der Waals surface area contributed by atoms with E-state index in [0.717, 1.165) is 16.8 Å². The van der Waals surface area contributed by atoms with Crippen LogP contribution in [0.15, 0.2) is 28.1 Å². The van der Waals surface area contributed by atoms with Crippen molar-refractivity contribution in [1.82, 2.24) is 4.98 Å². The molecule has 0 aliphatic carbocycles. The van der Waals surface area contributed by atoms with Gasteiger partial charge in [0.2, 0.25) is 0 Å². The Kier molecular flexibility index (Phi) is 5.57. The van der Waals surface area contributed by atoms with Crippen LogP contribution in [0.1, 0.15) is 16.3 Å². The van der Waals surface area contributed by atoms with Crippen molar-refractivity contribution < 1.29 is 19.4 Å². The van der Waals surface area contributed by atoms with Crippen molar-refractivity contribution in [3.63, 3.8) is 0 Å². The van der Waals surface area contributed by atoms with E-state index in [-0.39, 0.29) is 0 Å². The number of hydrogen-bond acceptors (Lipinski definition) is 5. The fourth-order valence-corrected chi connectivity index (χ4v) is 2.94. The molecule has 0 radical (unpaired) electrons. The molecule has 0 aliphatic rings. The van der Waals surface area contributed by atoms with Crippen LogP contribution in [0.2, 0.25) is 0 Å². The Labute approximate surface area is 140 Å². The average molecular weight is 384 g/mol. The number of methoxy groups -OCH3 is 1. The second-order valence-electron chi connectivity index (χ2n) is 4.35. The summed E-state index contributed by atoms with van der Waals surface area (Å²) in [5.41, 5.74) is 1.55. The minimum absolute atomic E-state index is 0.337. The molecule has 1 aromatic carbocycles. The van der Waals surface area contributed by atoms with Gasteiger partial charge in [0.05, 0.1) is 22.3 Å². The van der Waals surface area contributed by atoms with Crippen molar-refractivity contribution in [3.05, 3.63) is 44.3 Å². The van der Waals surface area contributed by atoms with E-state index >= 15 is 0 Å². The van der Waals surface area contributed by atoms with E-state index in [0.29, 0.717) is 28.1 Å². The van der Waals surface area contributed by atoms with E-state index in [9.17, 15) is 4.79 Å². The summed E-state index contributed by atoms with van der Waals surface area (Å²) >= 11 is 4.99. The van der Waals surface area contributed by atoms with Crippen LogP contribution in [0.4, 0.5) is 0 Å². The number of aliphatic carboxylic acids is 1. The first-order valence-corrected chi connectivity index (χ1v) is 7.99. The number of thiazole rings is 1. The summed E-state index contributed by atoms with van der Waals surface area (Å²) in [4.78, 5) is 14.9. The minimum atomic E-state index is -1.01. The maximum Gasteiger partial charge on any atom is 0.328 e. The van der Waals surface area contributed by atoms with Crippen molar-refractivity contribution in [2.45, 2.75) is 13.5 Å². The third-order valence-electron chi connectivity index (χ3n) is 2.70. The van der Waals surface area contributed by atoms with Gasteiger partial charge in [-0.05, 0) is 46.6 Å². The predicted molar refractivity (Wildman–Crippen MR) is 88.5 cm³/mol. The molecule has 0 spiro atoms. The zero-order valence-corrected chi connectivity index (χ0v) is 14.4. The molecular formula is C15H14BrNO4S. The Morgan fingerprint density at radius 2 is 2.27 bits per heavy atom. The highest BCUT2D eigenvalue weighted by molar-refractivity contribution is 9.10. The van der Waals surface area contributed by atoms with Gasteiger partial charge in [-0.25, -0.2) is 9.78 Å². The molecule has 1 aromatic heterocycles. The topological polar surface area (TPSA) is 68.7 Å². The van der Waals surface area contributed by atoms with Gasteiger partial charge in [0.25, 0.3) is 0 Å². The maximum absolute atomic E-state index is 10.6. The highest BCUT2D eigenvalue weighted by Gasteiger charge is 2.12. The molecule has 116 valence electrons. The molecule has 0 saturated carbocycles. The molecule has 0 unspecified atom stereocenters. The number of aryl methyl sites for hydroxylation is 1. The van der Waals surface area contributed by atoms with E-state index in [1.165, 1.54) is 13.2 Å². The molecule has 0 bridgehead atoms. The summed E-state index contributed by atoms with van der Waals surface area (Å²) in [6.07, 6.45) is 2.56. The molecule has 0 saturated heterocycles. The van der Waals surface area contributed by atoms with Gasteiger partial charge in [0.1, 0.15) is 6.61 Å². The van der Waals surface area contributed by atoms with Crippen molar-refractivity contribution in [2.24, 2.45) is 0 Å². The normalized spacial score (nSPS) is 10.9. The monoisotopic (exact) mass is 383 g/mol. The first-order chi connectivity index (χ1) is 10.5. The van der Waals surface area contributed by atoms with E-state index in [2.05, 4.69) is 20.9 Å². The smallest absolute Gasteiger partial charge is 0.328 e. The number of benzene rings is 1. The second-order valence-corrected chi connectivity index (χ2v) is 6.27. The molecular weight excluding hydrogens is 370 g/mol. The van der Waals surface area contributed by atoms with Gasteiger partial charge in [0, 0.05) is 11.5 Å². The molecule has 0 atom stereocenters. The van der Waals surface area contributed by atoms with E-state index in [1.807, 2.05) is 12.3 Å². The van der Waals surface area contributed by atoms with Gasteiger partial charge in [-0.15, -0.1) is 11.3 Å². The molecule has 0 fully saturated rings. The van der Waals surface area contributed by atoms with Crippen LogP contribution in [-0.2, 0) is 11.4 Å². The Morgan fingerprint density at radius 3 is 2.86 bits per heavy atom. The Balaban J connectivity index is 2.21. The minimum Gasteiger partial charge on any atom is -0.493 e. The van der Waals surface area contributed by atoms with Gasteiger partial charge in [-0.1, -0.05) is 0 Å². The van der Waals surface area contributed by atoms with Crippen LogP contribution in [0.5, 0.6) is 11.5 Å². The van der Waals surface area contributed by atoms with Crippen LogP contribution in [0, 0.1) is 6.92 Å². The lowest BCUT2D eigenvalue weighted by atomic mass is 10.2. The number of aromatic nitrogens is 1. The number of rotatable bonds is 6. The lowest BCUT2D eigenvalue weighted by Crippen LogP contribution is -1.99. The summed E-state index contributed by atoms with van der Waals surface area (Å²) in [6, 6.07) is 3.48. The number of nitrogens with zero attached hydrogens (tertiary/aromatic N) is 1. The van der Waals surface area contributed by atoms with Gasteiger partial charge in [0.15, 0.2) is 11.5 Å². The molecule has 5 nitrogen and oxygen atoms in total. The Bertz CT molecular complexity index is 712. The highest BCUT2D eigenvalue weighted by Crippen LogP contribution is 2.37. The second kappa shape index (κ2) is 7.42. The number of carboxylic acid groups (broad SMARTS) is 1. The maximum atomic E-state index is 10.6. The van der Waals surface area contributed by atoms with Crippen LogP contribution in [0.3, 0.4) is 0 Å². The Morgan fingerprint density at radius 1 is 1.50 bits per heavy atom. The zero-order valence-electron chi connectivity index (χ0n) is 12.0. The first-order valence-electron chi connectivity index (χ1n) is 6.32. The largest absolute Gasteiger partial charge is 0.493 e. The van der Waals surface area contributed by atoms with Crippen molar-refractivity contribution in [2.75, 3.05) is 7.11 Å². The summed E-state index contributed by atoms with van der Waals surface area (Å²) in [7, 11) is 1.53. The van der Waals surface area contributed by atoms with Gasteiger partial charge in [-0.3, -0.25) is 0 Å².